The predicted octanol–water partition coefficient (Wildman–Crippen LogP) is 4.60. The molecule has 1 radical (unpaired) electrons. The largest absolute Gasteiger partial charge is 0.0602 e. The summed E-state index contributed by atoms with van der Waals surface area (Å²) in [5, 5.41) is 0. The van der Waals surface area contributed by atoms with Gasteiger partial charge in [-0.25, -0.2) is 0 Å². The second-order valence-corrected chi connectivity index (χ2v) is 5.92. The van der Waals surface area contributed by atoms with Crippen molar-refractivity contribution < 1.29 is 0 Å². The molecule has 1 fully saturated rings. The lowest BCUT2D eigenvalue weighted by atomic mass is 9.74. The van der Waals surface area contributed by atoms with E-state index in [4.69, 9.17) is 0 Å². The molecule has 0 aromatic heterocycles. The fourth-order valence-electron chi connectivity index (χ4n) is 2.58. The van der Waals surface area contributed by atoms with Crippen LogP contribution in [0, 0.1) is 17.3 Å². The lowest BCUT2D eigenvalue weighted by Crippen LogP contribution is -2.19. The molecule has 0 unspecified atom stereocenters. The number of hydrogen-bond acceptors (Lipinski definition) is 0. The first-order valence-corrected chi connectivity index (χ1v) is 5.81. The van der Waals surface area contributed by atoms with Gasteiger partial charge in [0.1, 0.15) is 0 Å². The number of rotatable bonds is 2. The first-order valence-electron chi connectivity index (χ1n) is 5.81. The van der Waals surface area contributed by atoms with Crippen LogP contribution in [0.2, 0.25) is 0 Å². The normalized spacial score (nSPS) is 21.0. The van der Waals surface area contributed by atoms with Crippen molar-refractivity contribution in [2.24, 2.45) is 11.3 Å². The Hall–Kier alpha value is 0. The minimum atomic E-state index is 0.488. The highest BCUT2D eigenvalue weighted by Gasteiger charge is 2.24. The smallest absolute Gasteiger partial charge is 0.0236 e. The van der Waals surface area contributed by atoms with Crippen molar-refractivity contribution in [2.45, 2.75) is 66.2 Å². The Balaban J connectivity index is 2.33. The fraction of sp³-hybridized carbons (Fsp3) is 0.923. The molecule has 0 amide bonds. The molecule has 0 heterocycles. The Labute approximate surface area is 84.1 Å². The summed E-state index contributed by atoms with van der Waals surface area (Å²) in [6, 6.07) is 0. The van der Waals surface area contributed by atoms with Gasteiger partial charge in [0.2, 0.25) is 0 Å². The van der Waals surface area contributed by atoms with Gasteiger partial charge in [0, 0.05) is 0 Å². The zero-order valence-electron chi connectivity index (χ0n) is 9.82. The molecule has 0 bridgehead atoms. The molecule has 13 heavy (non-hydrogen) atoms. The first kappa shape index (κ1) is 11.1. The van der Waals surface area contributed by atoms with E-state index in [2.05, 4.69) is 27.7 Å². The molecule has 1 aliphatic carbocycles. The summed E-state index contributed by atoms with van der Waals surface area (Å²) in [4.78, 5) is 0. The maximum absolute atomic E-state index is 2.38. The van der Waals surface area contributed by atoms with Gasteiger partial charge in [0.25, 0.3) is 0 Å². The highest BCUT2D eigenvalue weighted by molar-refractivity contribution is 4.96. The van der Waals surface area contributed by atoms with Crippen LogP contribution in [-0.2, 0) is 0 Å². The molecule has 0 heteroatoms. The Morgan fingerprint density at radius 3 is 2.08 bits per heavy atom. The molecule has 1 rings (SSSR count). The predicted molar refractivity (Wildman–Crippen MR) is 59.6 cm³/mol. The van der Waals surface area contributed by atoms with Crippen LogP contribution in [0.4, 0.5) is 0 Å². The molecule has 0 N–H and O–H groups in total. The van der Waals surface area contributed by atoms with E-state index >= 15 is 0 Å². The van der Waals surface area contributed by atoms with Crippen LogP contribution in [0.5, 0.6) is 0 Å². The molecular weight excluding hydrogens is 156 g/mol. The molecule has 0 saturated heterocycles. The highest BCUT2D eigenvalue weighted by atomic mass is 14.3. The van der Waals surface area contributed by atoms with Crippen LogP contribution in [0.25, 0.3) is 0 Å². The number of hydrogen-bond donors (Lipinski definition) is 0. The second kappa shape index (κ2) is 4.48. The Bertz CT molecular complexity index is 135. The molecule has 0 aromatic carbocycles. The Morgan fingerprint density at radius 1 is 1.08 bits per heavy atom. The molecule has 0 spiro atoms. The van der Waals surface area contributed by atoms with Crippen molar-refractivity contribution in [1.29, 1.82) is 0 Å². The van der Waals surface area contributed by atoms with Gasteiger partial charge in [-0.15, -0.1) is 0 Å². The Morgan fingerprint density at radius 2 is 1.62 bits per heavy atom. The van der Waals surface area contributed by atoms with Crippen molar-refractivity contribution in [2.75, 3.05) is 0 Å². The van der Waals surface area contributed by atoms with Crippen molar-refractivity contribution >= 4 is 0 Å². The molecule has 0 nitrogen and oxygen atoms in total. The quantitative estimate of drug-likeness (QED) is 0.584. The van der Waals surface area contributed by atoms with Crippen molar-refractivity contribution in [3.05, 3.63) is 5.92 Å². The van der Waals surface area contributed by atoms with Gasteiger partial charge >= 0.3 is 0 Å². The summed E-state index contributed by atoms with van der Waals surface area (Å²) in [6.45, 7) is 9.42. The molecule has 77 valence electrons. The van der Waals surface area contributed by atoms with Crippen molar-refractivity contribution in [3.8, 4) is 0 Å². The third-order valence-corrected chi connectivity index (χ3v) is 3.11. The van der Waals surface area contributed by atoms with Gasteiger partial charge in [-0.1, -0.05) is 47.0 Å². The minimum Gasteiger partial charge on any atom is -0.0602 e. The zero-order chi connectivity index (χ0) is 9.90. The molecular formula is C13H25. The fourth-order valence-corrected chi connectivity index (χ4v) is 2.58. The monoisotopic (exact) mass is 181 g/mol. The highest BCUT2D eigenvalue weighted by Crippen LogP contribution is 2.37. The van der Waals surface area contributed by atoms with E-state index in [1.807, 2.05) is 0 Å². The van der Waals surface area contributed by atoms with Gasteiger partial charge in [-0.3, -0.25) is 0 Å². The summed E-state index contributed by atoms with van der Waals surface area (Å²) >= 11 is 0. The lowest BCUT2D eigenvalue weighted by Gasteiger charge is -2.31. The Kier molecular flexibility index (Phi) is 3.82. The van der Waals surface area contributed by atoms with Crippen LogP contribution < -0.4 is 0 Å². The van der Waals surface area contributed by atoms with Gasteiger partial charge in [-0.2, -0.15) is 0 Å². The second-order valence-electron chi connectivity index (χ2n) is 5.92. The molecule has 0 atom stereocenters. The van der Waals surface area contributed by atoms with Crippen LogP contribution in [-0.4, -0.2) is 0 Å². The minimum absolute atomic E-state index is 0.488. The molecule has 1 saturated carbocycles. The van der Waals surface area contributed by atoms with E-state index in [-0.39, 0.29) is 0 Å². The van der Waals surface area contributed by atoms with Crippen LogP contribution in [0.3, 0.4) is 0 Å². The topological polar surface area (TPSA) is 0 Å². The third kappa shape index (κ3) is 4.15. The standard InChI is InChI=1S/C13H25/c1-11(10-13(2,3)4)12-8-6-5-7-9-12/h12H,5-10H2,1-4H3. The summed E-state index contributed by atoms with van der Waals surface area (Å²) in [6.07, 6.45) is 8.64. The van der Waals surface area contributed by atoms with E-state index in [0.717, 1.165) is 5.92 Å². The molecule has 0 aliphatic heterocycles. The lowest BCUT2D eigenvalue weighted by molar-refractivity contribution is 0.304. The van der Waals surface area contributed by atoms with Gasteiger partial charge in [0.15, 0.2) is 0 Å². The van der Waals surface area contributed by atoms with Gasteiger partial charge < -0.3 is 0 Å². The first-order chi connectivity index (χ1) is 5.99. The van der Waals surface area contributed by atoms with E-state index in [0.29, 0.717) is 5.41 Å². The van der Waals surface area contributed by atoms with Gasteiger partial charge in [-0.05, 0) is 36.5 Å². The van der Waals surface area contributed by atoms with Crippen molar-refractivity contribution in [3.63, 3.8) is 0 Å². The van der Waals surface area contributed by atoms with Crippen LogP contribution in [0.15, 0.2) is 0 Å². The van der Waals surface area contributed by atoms with E-state index in [1.165, 1.54) is 38.5 Å². The van der Waals surface area contributed by atoms with E-state index in [1.54, 1.807) is 5.92 Å². The summed E-state index contributed by atoms with van der Waals surface area (Å²) in [5.74, 6) is 2.71. The summed E-state index contributed by atoms with van der Waals surface area (Å²) < 4.78 is 0. The van der Waals surface area contributed by atoms with E-state index < -0.39 is 0 Å². The SMILES string of the molecule is C[C](CC(C)(C)C)C1CCCCC1. The average molecular weight is 181 g/mol. The third-order valence-electron chi connectivity index (χ3n) is 3.11. The summed E-state index contributed by atoms with van der Waals surface area (Å²) in [7, 11) is 0. The van der Waals surface area contributed by atoms with E-state index in [9.17, 15) is 0 Å². The van der Waals surface area contributed by atoms with Crippen LogP contribution >= 0.6 is 0 Å². The summed E-state index contributed by atoms with van der Waals surface area (Å²) in [5.41, 5.74) is 0.488. The zero-order valence-corrected chi connectivity index (χ0v) is 9.82. The average Bonchev–Trinajstić information content (AvgIpc) is 2.03. The van der Waals surface area contributed by atoms with Crippen molar-refractivity contribution in [1.82, 2.24) is 0 Å². The maximum atomic E-state index is 2.38. The molecule has 1 aliphatic rings. The maximum Gasteiger partial charge on any atom is -0.0236 e. The molecule has 0 aromatic rings. The van der Waals surface area contributed by atoms with Gasteiger partial charge in [0.05, 0.1) is 0 Å². The van der Waals surface area contributed by atoms with Crippen LogP contribution in [0.1, 0.15) is 66.2 Å².